The summed E-state index contributed by atoms with van der Waals surface area (Å²) in [6.45, 7) is 2.30. The molecule has 0 saturated carbocycles. The van der Waals surface area contributed by atoms with Crippen molar-refractivity contribution in [1.29, 1.82) is 0 Å². The second kappa shape index (κ2) is 6.91. The highest BCUT2D eigenvalue weighted by Crippen LogP contribution is 2.35. The Morgan fingerprint density at radius 1 is 1.21 bits per heavy atom. The average Bonchev–Trinajstić information content (AvgIpc) is 2.54. The van der Waals surface area contributed by atoms with Crippen molar-refractivity contribution >= 4 is 33.8 Å². The van der Waals surface area contributed by atoms with Gasteiger partial charge >= 0.3 is 0 Å². The van der Waals surface area contributed by atoms with Gasteiger partial charge in [-0.25, -0.2) is 8.42 Å². The van der Waals surface area contributed by atoms with Gasteiger partial charge in [0.2, 0.25) is 0 Å². The van der Waals surface area contributed by atoms with Crippen molar-refractivity contribution in [3.05, 3.63) is 47.5 Å². The van der Waals surface area contributed by atoms with Crippen LogP contribution >= 0.6 is 12.4 Å². The molecule has 5 nitrogen and oxygen atoms in total. The molecule has 2 aromatic rings. The van der Waals surface area contributed by atoms with Gasteiger partial charge in [-0.1, -0.05) is 6.07 Å². The Hall–Kier alpha value is -1.92. The molecule has 3 rings (SSSR count). The standard InChI is InChI=1S/C17H20N2O3S.ClH/c1-12-11-13(8-9-17(12)22-2)23(20,21)19-10-4-5-14-15(18)6-3-7-16(14)19;/h3,6-9,11H,4-5,10,18H2,1-2H3;1H. The van der Waals surface area contributed by atoms with Crippen molar-refractivity contribution < 1.29 is 13.2 Å². The van der Waals surface area contributed by atoms with Gasteiger partial charge in [0, 0.05) is 12.2 Å². The SMILES string of the molecule is COc1ccc(S(=O)(=O)N2CCCc3c(N)cccc32)cc1C.Cl. The minimum atomic E-state index is -3.62. The molecule has 1 aliphatic rings. The Morgan fingerprint density at radius 3 is 2.62 bits per heavy atom. The molecule has 0 amide bonds. The van der Waals surface area contributed by atoms with Crippen LogP contribution in [0.25, 0.3) is 0 Å². The van der Waals surface area contributed by atoms with E-state index in [4.69, 9.17) is 10.5 Å². The van der Waals surface area contributed by atoms with Gasteiger partial charge in [-0.05, 0) is 61.2 Å². The molecule has 0 bridgehead atoms. The number of halogens is 1. The zero-order valence-electron chi connectivity index (χ0n) is 13.7. The van der Waals surface area contributed by atoms with E-state index in [1.807, 2.05) is 19.1 Å². The van der Waals surface area contributed by atoms with Crippen LogP contribution in [0.2, 0.25) is 0 Å². The number of aryl methyl sites for hydroxylation is 1. The maximum atomic E-state index is 13.1. The van der Waals surface area contributed by atoms with Crippen LogP contribution in [0.15, 0.2) is 41.3 Å². The van der Waals surface area contributed by atoms with Crippen LogP contribution < -0.4 is 14.8 Å². The number of benzene rings is 2. The summed E-state index contributed by atoms with van der Waals surface area (Å²) in [4.78, 5) is 0.270. The van der Waals surface area contributed by atoms with Crippen molar-refractivity contribution in [2.24, 2.45) is 0 Å². The lowest BCUT2D eigenvalue weighted by atomic mass is 10.0. The second-order valence-corrected chi connectivity index (χ2v) is 7.52. The summed E-state index contributed by atoms with van der Waals surface area (Å²) in [5, 5.41) is 0. The molecular weight excluding hydrogens is 348 g/mol. The lowest BCUT2D eigenvalue weighted by Gasteiger charge is -2.31. The summed E-state index contributed by atoms with van der Waals surface area (Å²) in [7, 11) is -2.05. The van der Waals surface area contributed by atoms with E-state index in [2.05, 4.69) is 0 Å². The van der Waals surface area contributed by atoms with Crippen LogP contribution in [0.5, 0.6) is 5.75 Å². The first-order valence-corrected chi connectivity index (χ1v) is 8.94. The minimum Gasteiger partial charge on any atom is -0.496 e. The number of nitrogens with two attached hydrogens (primary N) is 1. The largest absolute Gasteiger partial charge is 0.496 e. The molecule has 24 heavy (non-hydrogen) atoms. The quantitative estimate of drug-likeness (QED) is 0.844. The fourth-order valence-corrected chi connectivity index (χ4v) is 4.63. The van der Waals surface area contributed by atoms with E-state index in [0.717, 1.165) is 24.0 Å². The summed E-state index contributed by atoms with van der Waals surface area (Å²) >= 11 is 0. The van der Waals surface area contributed by atoms with Gasteiger partial charge in [0.05, 0.1) is 17.7 Å². The summed E-state index contributed by atoms with van der Waals surface area (Å²) in [6.07, 6.45) is 1.56. The zero-order valence-corrected chi connectivity index (χ0v) is 15.3. The third kappa shape index (κ3) is 3.03. The van der Waals surface area contributed by atoms with Gasteiger partial charge < -0.3 is 10.5 Å². The molecule has 0 fully saturated rings. The summed E-state index contributed by atoms with van der Waals surface area (Å²) in [5.74, 6) is 0.673. The number of rotatable bonds is 3. The van der Waals surface area contributed by atoms with Crippen LogP contribution in [0.1, 0.15) is 17.5 Å². The van der Waals surface area contributed by atoms with Crippen LogP contribution in [0.3, 0.4) is 0 Å². The first-order valence-electron chi connectivity index (χ1n) is 7.50. The van der Waals surface area contributed by atoms with E-state index in [1.165, 1.54) is 4.31 Å². The topological polar surface area (TPSA) is 72.6 Å². The van der Waals surface area contributed by atoms with Crippen molar-refractivity contribution in [2.45, 2.75) is 24.7 Å². The molecule has 0 unspecified atom stereocenters. The number of fused-ring (bicyclic) bond motifs is 1. The first-order chi connectivity index (χ1) is 10.9. The zero-order chi connectivity index (χ0) is 16.6. The molecule has 0 saturated heterocycles. The van der Waals surface area contributed by atoms with Crippen molar-refractivity contribution in [3.8, 4) is 5.75 Å². The van der Waals surface area contributed by atoms with Crippen LogP contribution in [0, 0.1) is 6.92 Å². The lowest BCUT2D eigenvalue weighted by Crippen LogP contribution is -2.35. The van der Waals surface area contributed by atoms with E-state index in [9.17, 15) is 8.42 Å². The molecule has 0 spiro atoms. The van der Waals surface area contributed by atoms with E-state index in [1.54, 1.807) is 31.4 Å². The van der Waals surface area contributed by atoms with E-state index < -0.39 is 10.0 Å². The summed E-state index contributed by atoms with van der Waals surface area (Å²) < 4.78 is 32.8. The molecule has 1 heterocycles. The van der Waals surface area contributed by atoms with Gasteiger partial charge in [0.1, 0.15) is 5.75 Å². The van der Waals surface area contributed by atoms with E-state index >= 15 is 0 Å². The molecule has 2 aromatic carbocycles. The molecule has 0 aromatic heterocycles. The minimum absolute atomic E-state index is 0. The molecule has 0 radical (unpaired) electrons. The van der Waals surface area contributed by atoms with Crippen LogP contribution in [-0.2, 0) is 16.4 Å². The predicted molar refractivity (Wildman–Crippen MR) is 98.7 cm³/mol. The van der Waals surface area contributed by atoms with Gasteiger partial charge in [0.15, 0.2) is 0 Å². The third-order valence-corrected chi connectivity index (χ3v) is 6.01. The molecular formula is C17H21ClN2O3S. The maximum absolute atomic E-state index is 13.1. The number of anilines is 2. The Labute approximate surface area is 148 Å². The number of methoxy groups -OCH3 is 1. The summed E-state index contributed by atoms with van der Waals surface area (Å²) in [6, 6.07) is 10.3. The molecule has 1 aliphatic heterocycles. The number of nitrogens with zero attached hydrogens (tertiary/aromatic N) is 1. The number of sulfonamides is 1. The van der Waals surface area contributed by atoms with E-state index in [-0.39, 0.29) is 17.3 Å². The summed E-state index contributed by atoms with van der Waals surface area (Å²) in [5.41, 5.74) is 9.04. The van der Waals surface area contributed by atoms with Crippen molar-refractivity contribution in [1.82, 2.24) is 0 Å². The number of nitrogen functional groups attached to an aromatic ring is 1. The Morgan fingerprint density at radius 2 is 1.96 bits per heavy atom. The fraction of sp³-hybridized carbons (Fsp3) is 0.294. The lowest BCUT2D eigenvalue weighted by molar-refractivity contribution is 0.411. The molecule has 2 N–H and O–H groups in total. The smallest absolute Gasteiger partial charge is 0.264 e. The predicted octanol–water partition coefficient (Wildman–Crippen LogP) is 3.15. The first kappa shape index (κ1) is 18.4. The maximum Gasteiger partial charge on any atom is 0.264 e. The van der Waals surface area contributed by atoms with Gasteiger partial charge in [0.25, 0.3) is 10.0 Å². The normalized spacial score (nSPS) is 13.8. The average molecular weight is 369 g/mol. The highest BCUT2D eigenvalue weighted by Gasteiger charge is 2.30. The fourth-order valence-electron chi connectivity index (χ4n) is 3.01. The Bertz CT molecular complexity index is 853. The third-order valence-electron chi connectivity index (χ3n) is 4.20. The molecule has 0 atom stereocenters. The van der Waals surface area contributed by atoms with Crippen LogP contribution in [-0.4, -0.2) is 22.1 Å². The molecule has 130 valence electrons. The number of ether oxygens (including phenoxy) is 1. The van der Waals surface area contributed by atoms with Crippen molar-refractivity contribution in [3.63, 3.8) is 0 Å². The second-order valence-electron chi connectivity index (χ2n) is 5.66. The number of hydrogen-bond donors (Lipinski definition) is 1. The van der Waals surface area contributed by atoms with Crippen LogP contribution in [0.4, 0.5) is 11.4 Å². The van der Waals surface area contributed by atoms with Gasteiger partial charge in [-0.3, -0.25) is 4.31 Å². The number of hydrogen-bond acceptors (Lipinski definition) is 4. The molecule has 7 heteroatoms. The van der Waals surface area contributed by atoms with Gasteiger partial charge in [-0.15, -0.1) is 12.4 Å². The van der Waals surface area contributed by atoms with Crippen molar-refractivity contribution in [2.75, 3.05) is 23.7 Å². The molecule has 0 aliphatic carbocycles. The highest BCUT2D eigenvalue weighted by atomic mass is 35.5. The Balaban J connectivity index is 0.00000208. The van der Waals surface area contributed by atoms with Gasteiger partial charge in [-0.2, -0.15) is 0 Å². The highest BCUT2D eigenvalue weighted by molar-refractivity contribution is 7.92. The van der Waals surface area contributed by atoms with E-state index in [0.29, 0.717) is 23.7 Å². The monoisotopic (exact) mass is 368 g/mol. The Kier molecular flexibility index (Phi) is 5.30.